The summed E-state index contributed by atoms with van der Waals surface area (Å²) in [5.41, 5.74) is 1.26. The molecular weight excluding hydrogens is 415 g/mol. The van der Waals surface area contributed by atoms with Crippen molar-refractivity contribution in [1.29, 1.82) is 0 Å². The Bertz CT molecular complexity index is 483. The van der Waals surface area contributed by atoms with Gasteiger partial charge in [0.05, 0.1) is 6.61 Å². The maximum Gasteiger partial charge on any atom is 0.193 e. The highest BCUT2D eigenvalue weighted by molar-refractivity contribution is 14.0. The van der Waals surface area contributed by atoms with Crippen molar-refractivity contribution in [2.45, 2.75) is 12.8 Å². The molecule has 1 saturated heterocycles. The van der Waals surface area contributed by atoms with Gasteiger partial charge in [0, 0.05) is 59.0 Å². The Morgan fingerprint density at radius 1 is 1.38 bits per heavy atom. The van der Waals surface area contributed by atoms with E-state index < -0.39 is 0 Å². The third-order valence-corrected chi connectivity index (χ3v) is 4.35. The maximum atomic E-state index is 5.26. The van der Waals surface area contributed by atoms with Crippen molar-refractivity contribution in [2.75, 3.05) is 58.9 Å². The Morgan fingerprint density at radius 3 is 2.79 bits per heavy atom. The van der Waals surface area contributed by atoms with Crippen LogP contribution in [-0.2, 0) is 4.74 Å². The van der Waals surface area contributed by atoms with E-state index in [9.17, 15) is 0 Å². The molecule has 0 spiro atoms. The molecule has 2 rings (SSSR count). The first-order valence-corrected chi connectivity index (χ1v) is 8.45. The lowest BCUT2D eigenvalue weighted by Crippen LogP contribution is -2.41. The molecular formula is C18H31IN4O. The monoisotopic (exact) mass is 446 g/mol. The van der Waals surface area contributed by atoms with Gasteiger partial charge in [-0.25, -0.2) is 0 Å². The molecule has 1 N–H and O–H groups in total. The summed E-state index contributed by atoms with van der Waals surface area (Å²) >= 11 is 0. The number of hydrogen-bond donors (Lipinski definition) is 1. The fourth-order valence-corrected chi connectivity index (χ4v) is 3.06. The van der Waals surface area contributed by atoms with Gasteiger partial charge in [-0.2, -0.15) is 0 Å². The average molecular weight is 446 g/mol. The summed E-state index contributed by atoms with van der Waals surface area (Å²) in [5, 5.41) is 3.49. The third kappa shape index (κ3) is 6.47. The van der Waals surface area contributed by atoms with E-state index in [1.165, 1.54) is 12.1 Å². The van der Waals surface area contributed by atoms with Gasteiger partial charge < -0.3 is 19.9 Å². The molecule has 6 heteroatoms. The minimum atomic E-state index is 0. The SMILES string of the molecule is CN=C(NCCCN(C)c1ccccc1)N1CCC(COC)C1.I. The van der Waals surface area contributed by atoms with E-state index in [2.05, 4.69) is 57.5 Å². The van der Waals surface area contributed by atoms with Crippen molar-refractivity contribution in [3.63, 3.8) is 0 Å². The molecule has 0 aliphatic carbocycles. The molecule has 1 aliphatic rings. The van der Waals surface area contributed by atoms with E-state index in [4.69, 9.17) is 4.74 Å². The van der Waals surface area contributed by atoms with Crippen LogP contribution in [0.15, 0.2) is 35.3 Å². The Kier molecular flexibility index (Phi) is 10.1. The van der Waals surface area contributed by atoms with Crippen LogP contribution in [0.1, 0.15) is 12.8 Å². The summed E-state index contributed by atoms with van der Waals surface area (Å²) in [6.07, 6.45) is 2.27. The number of benzene rings is 1. The van der Waals surface area contributed by atoms with Crippen molar-refractivity contribution >= 4 is 35.6 Å². The van der Waals surface area contributed by atoms with E-state index in [0.717, 1.165) is 45.2 Å². The molecule has 1 aromatic carbocycles. The molecule has 1 fully saturated rings. The first-order valence-electron chi connectivity index (χ1n) is 8.45. The molecule has 0 amide bonds. The number of likely N-dealkylation sites (tertiary alicyclic amines) is 1. The van der Waals surface area contributed by atoms with Crippen LogP contribution >= 0.6 is 24.0 Å². The highest BCUT2D eigenvalue weighted by Gasteiger charge is 2.24. The summed E-state index contributed by atoms with van der Waals surface area (Å²) < 4.78 is 5.26. The zero-order chi connectivity index (χ0) is 16.5. The van der Waals surface area contributed by atoms with Gasteiger partial charge in [0.15, 0.2) is 5.96 Å². The number of halogens is 1. The first kappa shape index (κ1) is 21.0. The van der Waals surface area contributed by atoms with Crippen molar-refractivity contribution < 1.29 is 4.74 Å². The number of aliphatic imine (C=N–C) groups is 1. The molecule has 0 aromatic heterocycles. The number of guanidine groups is 1. The molecule has 1 heterocycles. The zero-order valence-electron chi connectivity index (χ0n) is 15.1. The highest BCUT2D eigenvalue weighted by atomic mass is 127. The molecule has 0 radical (unpaired) electrons. The lowest BCUT2D eigenvalue weighted by atomic mass is 10.1. The van der Waals surface area contributed by atoms with Gasteiger partial charge in [-0.3, -0.25) is 4.99 Å². The quantitative estimate of drug-likeness (QED) is 0.303. The summed E-state index contributed by atoms with van der Waals surface area (Å²) in [5.74, 6) is 1.65. The van der Waals surface area contributed by atoms with Gasteiger partial charge in [0.25, 0.3) is 0 Å². The van der Waals surface area contributed by atoms with Crippen LogP contribution in [0.4, 0.5) is 5.69 Å². The predicted octanol–water partition coefficient (Wildman–Crippen LogP) is 2.67. The van der Waals surface area contributed by atoms with Crippen LogP contribution in [0.5, 0.6) is 0 Å². The maximum absolute atomic E-state index is 5.26. The van der Waals surface area contributed by atoms with Crippen LogP contribution in [0, 0.1) is 5.92 Å². The lowest BCUT2D eigenvalue weighted by Gasteiger charge is -2.23. The Morgan fingerprint density at radius 2 is 2.12 bits per heavy atom. The standard InChI is InChI=1S/C18H30N4O.HI/c1-19-18(22-13-10-16(14-22)15-23-3)20-11-7-12-21(2)17-8-5-4-6-9-17;/h4-6,8-9,16H,7,10-15H2,1-3H3,(H,19,20);1H. The van der Waals surface area contributed by atoms with E-state index in [1.54, 1.807) is 7.11 Å². The van der Waals surface area contributed by atoms with Crippen LogP contribution in [-0.4, -0.2) is 64.9 Å². The minimum Gasteiger partial charge on any atom is -0.384 e. The van der Waals surface area contributed by atoms with E-state index in [0.29, 0.717) is 5.92 Å². The summed E-state index contributed by atoms with van der Waals surface area (Å²) in [4.78, 5) is 9.04. The second kappa shape index (κ2) is 11.5. The molecule has 1 atom stereocenters. The number of nitrogens with zero attached hydrogens (tertiary/aromatic N) is 3. The number of para-hydroxylation sites is 1. The average Bonchev–Trinajstić information content (AvgIpc) is 3.04. The molecule has 5 nitrogen and oxygen atoms in total. The van der Waals surface area contributed by atoms with Gasteiger partial charge in [0.1, 0.15) is 0 Å². The fraction of sp³-hybridized carbons (Fsp3) is 0.611. The second-order valence-corrected chi connectivity index (χ2v) is 6.14. The van der Waals surface area contributed by atoms with Gasteiger partial charge >= 0.3 is 0 Å². The third-order valence-electron chi connectivity index (χ3n) is 4.35. The topological polar surface area (TPSA) is 40.1 Å². The molecule has 1 aromatic rings. The van der Waals surface area contributed by atoms with Crippen LogP contribution < -0.4 is 10.2 Å². The van der Waals surface area contributed by atoms with Crippen LogP contribution in [0.3, 0.4) is 0 Å². The number of ether oxygens (including phenoxy) is 1. The van der Waals surface area contributed by atoms with E-state index >= 15 is 0 Å². The highest BCUT2D eigenvalue weighted by Crippen LogP contribution is 2.16. The predicted molar refractivity (Wildman–Crippen MR) is 113 cm³/mol. The van der Waals surface area contributed by atoms with E-state index in [-0.39, 0.29) is 24.0 Å². The van der Waals surface area contributed by atoms with Gasteiger partial charge in [-0.15, -0.1) is 24.0 Å². The minimum absolute atomic E-state index is 0. The van der Waals surface area contributed by atoms with Gasteiger partial charge in [-0.1, -0.05) is 18.2 Å². The number of anilines is 1. The molecule has 0 bridgehead atoms. The summed E-state index contributed by atoms with van der Waals surface area (Å²) in [7, 11) is 5.78. The number of nitrogens with one attached hydrogen (secondary N) is 1. The Labute approximate surface area is 163 Å². The number of methoxy groups -OCH3 is 1. The summed E-state index contributed by atoms with van der Waals surface area (Å²) in [6, 6.07) is 10.5. The van der Waals surface area contributed by atoms with Crippen molar-refractivity contribution in [3.05, 3.63) is 30.3 Å². The molecule has 0 saturated carbocycles. The molecule has 1 unspecified atom stereocenters. The van der Waals surface area contributed by atoms with Gasteiger partial charge in [0.2, 0.25) is 0 Å². The van der Waals surface area contributed by atoms with E-state index in [1.807, 2.05) is 7.05 Å². The van der Waals surface area contributed by atoms with Gasteiger partial charge in [-0.05, 0) is 25.0 Å². The molecule has 24 heavy (non-hydrogen) atoms. The smallest absolute Gasteiger partial charge is 0.193 e. The number of hydrogen-bond acceptors (Lipinski definition) is 3. The molecule has 1 aliphatic heterocycles. The van der Waals surface area contributed by atoms with Crippen molar-refractivity contribution in [3.8, 4) is 0 Å². The normalized spacial score (nSPS) is 17.5. The second-order valence-electron chi connectivity index (χ2n) is 6.14. The Balaban J connectivity index is 0.00000288. The van der Waals surface area contributed by atoms with Crippen LogP contribution in [0.2, 0.25) is 0 Å². The first-order chi connectivity index (χ1) is 11.2. The molecule has 136 valence electrons. The fourth-order valence-electron chi connectivity index (χ4n) is 3.06. The largest absolute Gasteiger partial charge is 0.384 e. The summed E-state index contributed by atoms with van der Waals surface area (Å²) in [6.45, 7) is 4.92. The lowest BCUT2D eigenvalue weighted by molar-refractivity contribution is 0.157. The zero-order valence-corrected chi connectivity index (χ0v) is 17.4. The van der Waals surface area contributed by atoms with Crippen molar-refractivity contribution in [2.24, 2.45) is 10.9 Å². The number of rotatable bonds is 7. The Hall–Kier alpha value is -1.02. The van der Waals surface area contributed by atoms with Crippen molar-refractivity contribution in [1.82, 2.24) is 10.2 Å². The van der Waals surface area contributed by atoms with Crippen LogP contribution in [0.25, 0.3) is 0 Å².